The predicted molar refractivity (Wildman–Crippen MR) is 180 cm³/mol. The number of rotatable bonds is 11. The summed E-state index contributed by atoms with van der Waals surface area (Å²) in [5.74, 6) is 1.59. The minimum atomic E-state index is -2.19. The van der Waals surface area contributed by atoms with Gasteiger partial charge in [-0.3, -0.25) is 9.48 Å². The van der Waals surface area contributed by atoms with Crippen molar-refractivity contribution in [1.29, 1.82) is 0 Å². The van der Waals surface area contributed by atoms with Crippen LogP contribution >= 0.6 is 0 Å². The molecule has 2 aromatic heterocycles. The number of aryl methyl sites for hydroxylation is 1. The molecule has 0 radical (unpaired) electrons. The molecule has 0 aliphatic carbocycles. The first-order chi connectivity index (χ1) is 22.2. The summed E-state index contributed by atoms with van der Waals surface area (Å²) in [6.07, 6.45) is 4.54. The first-order valence-electron chi connectivity index (χ1n) is 15.7. The lowest BCUT2D eigenvalue weighted by atomic mass is 9.86. The summed E-state index contributed by atoms with van der Waals surface area (Å²) in [6.45, 7) is 7.69. The van der Waals surface area contributed by atoms with E-state index in [4.69, 9.17) is 14.2 Å². The van der Waals surface area contributed by atoms with Gasteiger partial charge in [0.25, 0.3) is 5.56 Å². The Hall–Kier alpha value is -4.32. The number of nitrogens with zero attached hydrogens (tertiary/aromatic N) is 5. The van der Waals surface area contributed by atoms with Gasteiger partial charge in [0.2, 0.25) is 0 Å². The van der Waals surface area contributed by atoms with Gasteiger partial charge in [0.05, 0.1) is 44.3 Å². The van der Waals surface area contributed by atoms with E-state index in [0.717, 1.165) is 34.6 Å². The van der Waals surface area contributed by atoms with Gasteiger partial charge >= 0.3 is 0 Å². The van der Waals surface area contributed by atoms with E-state index in [9.17, 15) is 9.90 Å². The van der Waals surface area contributed by atoms with Crippen LogP contribution in [0.25, 0.3) is 16.5 Å². The third-order valence-corrected chi connectivity index (χ3v) is 13.8. The van der Waals surface area contributed by atoms with Crippen molar-refractivity contribution in [2.45, 2.75) is 57.2 Å². The Kier molecular flexibility index (Phi) is 9.08. The molecule has 6 rings (SSSR count). The molecule has 5 aromatic rings. The predicted octanol–water partition coefficient (Wildman–Crippen LogP) is 4.68. The molecular weight excluding hydrogens is 599 g/mol. The molecular formula is C35H41N5O5Si. The van der Waals surface area contributed by atoms with E-state index in [0.29, 0.717) is 24.0 Å². The van der Waals surface area contributed by atoms with Gasteiger partial charge in [0.15, 0.2) is 0 Å². The second-order valence-corrected chi connectivity index (χ2v) is 17.3. The van der Waals surface area contributed by atoms with Gasteiger partial charge in [0.1, 0.15) is 17.6 Å². The molecule has 3 heterocycles. The van der Waals surface area contributed by atoms with Crippen LogP contribution < -0.4 is 20.2 Å². The molecule has 11 heteroatoms. The molecule has 0 amide bonds. The van der Waals surface area contributed by atoms with Crippen LogP contribution in [0.3, 0.4) is 0 Å². The Labute approximate surface area is 269 Å². The SMILES string of the molecule is COc1ccc([Si](C)(C)C(CCn2cc(CCO)nn2)[C@H]2Oc3ccc(-n4ncc5ccccc5c4=O)cc3[C@@H](OC)[C@@H]2C)cc1. The first kappa shape index (κ1) is 31.7. The van der Waals surface area contributed by atoms with E-state index < -0.39 is 8.07 Å². The Morgan fingerprint density at radius 2 is 1.85 bits per heavy atom. The largest absolute Gasteiger partial charge is 0.497 e. The van der Waals surface area contributed by atoms with Crippen molar-refractivity contribution in [3.63, 3.8) is 0 Å². The molecule has 0 spiro atoms. The highest BCUT2D eigenvalue weighted by Crippen LogP contribution is 2.47. The first-order valence-corrected chi connectivity index (χ1v) is 18.8. The number of methoxy groups -OCH3 is 2. The average Bonchev–Trinajstić information content (AvgIpc) is 3.52. The van der Waals surface area contributed by atoms with Gasteiger partial charge < -0.3 is 19.3 Å². The van der Waals surface area contributed by atoms with Crippen LogP contribution in [0.1, 0.15) is 30.7 Å². The third-order valence-electron chi connectivity index (χ3n) is 9.53. The zero-order valence-electron chi connectivity index (χ0n) is 27.0. The van der Waals surface area contributed by atoms with Crippen molar-refractivity contribution < 1.29 is 19.3 Å². The fraction of sp³-hybridized carbons (Fsp3) is 0.371. The van der Waals surface area contributed by atoms with Crippen molar-refractivity contribution in [2.75, 3.05) is 20.8 Å². The number of aliphatic hydroxyl groups excluding tert-OH is 1. The minimum Gasteiger partial charge on any atom is -0.497 e. The normalized spacial score (nSPS) is 18.6. The Morgan fingerprint density at radius 3 is 2.59 bits per heavy atom. The molecule has 0 bridgehead atoms. The Balaban J connectivity index is 1.36. The van der Waals surface area contributed by atoms with Gasteiger partial charge in [-0.2, -0.15) is 9.78 Å². The standard InChI is InChI=1S/C35H41N5O5Si/c1-23-33(44-3)30-20-26(40-35(42)29-9-7-6-8-24(29)21-36-40)10-15-31(30)45-34(23)32(16-18-39-22-25(17-19-41)37-38-39)46(4,5)28-13-11-27(43-2)12-14-28/h6-15,20-23,32-34,41H,16-19H2,1-5H3/t23-,32?,33-,34-/m0/s1. The number of aromatic nitrogens is 5. The van der Waals surface area contributed by atoms with Crippen LogP contribution in [0.4, 0.5) is 0 Å². The molecule has 0 fully saturated rings. The van der Waals surface area contributed by atoms with Gasteiger partial charge in [-0.1, -0.05) is 60.7 Å². The third kappa shape index (κ3) is 5.97. The molecule has 46 heavy (non-hydrogen) atoms. The maximum atomic E-state index is 13.4. The number of hydrogen-bond donors (Lipinski definition) is 1. The van der Waals surface area contributed by atoms with E-state index in [2.05, 4.69) is 47.6 Å². The summed E-state index contributed by atoms with van der Waals surface area (Å²) in [5.41, 5.74) is 2.35. The lowest BCUT2D eigenvalue weighted by Crippen LogP contribution is -2.54. The zero-order valence-corrected chi connectivity index (χ0v) is 28.0. The van der Waals surface area contributed by atoms with Crippen molar-refractivity contribution in [2.24, 2.45) is 5.92 Å². The van der Waals surface area contributed by atoms with Crippen LogP contribution in [0.15, 0.2) is 83.9 Å². The molecule has 0 saturated heterocycles. The van der Waals surface area contributed by atoms with Crippen LogP contribution in [0.2, 0.25) is 18.6 Å². The summed E-state index contributed by atoms with van der Waals surface area (Å²) in [5, 5.41) is 25.1. The maximum Gasteiger partial charge on any atom is 0.279 e. The second kappa shape index (κ2) is 13.2. The highest BCUT2D eigenvalue weighted by atomic mass is 28.3. The number of fused-ring (bicyclic) bond motifs is 2. The van der Waals surface area contributed by atoms with Crippen molar-refractivity contribution in [1.82, 2.24) is 24.8 Å². The highest BCUT2D eigenvalue weighted by Gasteiger charge is 2.47. The number of aliphatic hydroxyl groups is 1. The Morgan fingerprint density at radius 1 is 1.07 bits per heavy atom. The van der Waals surface area contributed by atoms with Gasteiger partial charge in [-0.25, -0.2) is 0 Å². The topological polar surface area (TPSA) is 114 Å². The van der Waals surface area contributed by atoms with Gasteiger partial charge in [-0.05, 0) is 48.4 Å². The van der Waals surface area contributed by atoms with E-state index in [-0.39, 0.29) is 35.8 Å². The zero-order chi connectivity index (χ0) is 32.4. The molecule has 240 valence electrons. The Bertz CT molecular complexity index is 1870. The van der Waals surface area contributed by atoms with Crippen molar-refractivity contribution in [3.8, 4) is 17.2 Å². The summed E-state index contributed by atoms with van der Waals surface area (Å²) in [4.78, 5) is 13.4. The molecule has 3 aromatic carbocycles. The fourth-order valence-corrected chi connectivity index (χ4v) is 10.4. The summed E-state index contributed by atoms with van der Waals surface area (Å²) in [7, 11) is 1.23. The minimum absolute atomic E-state index is 0.00440. The summed E-state index contributed by atoms with van der Waals surface area (Å²) >= 11 is 0. The lowest BCUT2D eigenvalue weighted by molar-refractivity contribution is -0.0234. The highest BCUT2D eigenvalue weighted by molar-refractivity contribution is 6.91. The fourth-order valence-electron chi connectivity index (χ4n) is 6.89. The second-order valence-electron chi connectivity index (χ2n) is 12.6. The van der Waals surface area contributed by atoms with E-state index >= 15 is 0 Å². The number of hydrogen-bond acceptors (Lipinski definition) is 8. The van der Waals surface area contributed by atoms with Crippen LogP contribution in [-0.2, 0) is 17.7 Å². The smallest absolute Gasteiger partial charge is 0.279 e. The van der Waals surface area contributed by atoms with Gasteiger partial charge in [-0.15, -0.1) is 5.10 Å². The van der Waals surface area contributed by atoms with Crippen molar-refractivity contribution in [3.05, 3.63) is 101 Å². The number of ether oxygens (including phenoxy) is 3. The van der Waals surface area contributed by atoms with E-state index in [1.54, 1.807) is 20.4 Å². The van der Waals surface area contributed by atoms with Crippen LogP contribution in [-0.4, -0.2) is 64.9 Å². The average molecular weight is 640 g/mol. The van der Waals surface area contributed by atoms with Crippen LogP contribution in [0.5, 0.6) is 11.5 Å². The summed E-state index contributed by atoms with van der Waals surface area (Å²) in [6, 6.07) is 21.7. The van der Waals surface area contributed by atoms with Crippen molar-refractivity contribution >= 4 is 24.0 Å². The van der Waals surface area contributed by atoms with E-state index in [1.165, 1.54) is 9.87 Å². The monoisotopic (exact) mass is 639 g/mol. The quantitative estimate of drug-likeness (QED) is 0.207. The van der Waals surface area contributed by atoms with Gasteiger partial charge in [0, 0.05) is 49.7 Å². The van der Waals surface area contributed by atoms with E-state index in [1.807, 2.05) is 65.5 Å². The molecule has 1 unspecified atom stereocenters. The van der Waals surface area contributed by atoms with Crippen LogP contribution in [0, 0.1) is 5.92 Å². The maximum absolute atomic E-state index is 13.4. The molecule has 1 aliphatic rings. The molecule has 4 atom stereocenters. The molecule has 1 aliphatic heterocycles. The lowest BCUT2D eigenvalue weighted by Gasteiger charge is -2.46. The molecule has 1 N–H and O–H groups in total. The summed E-state index contributed by atoms with van der Waals surface area (Å²) < 4.78 is 21.9. The number of benzene rings is 3. The molecule has 0 saturated carbocycles. The molecule has 10 nitrogen and oxygen atoms in total.